The van der Waals surface area contributed by atoms with Gasteiger partial charge in [0.05, 0.1) is 17.6 Å². The lowest BCUT2D eigenvalue weighted by Gasteiger charge is -2.19. The Hall–Kier alpha value is -2.11. The van der Waals surface area contributed by atoms with Gasteiger partial charge in [0.1, 0.15) is 5.60 Å². The average Bonchev–Trinajstić information content (AvgIpc) is 3.26. The fraction of sp³-hybridized carbons (Fsp3) is 0.450. The van der Waals surface area contributed by atoms with E-state index in [9.17, 15) is 13.2 Å². The third kappa shape index (κ3) is 7.82. The molecule has 0 aliphatic heterocycles. The molecular formula is C20H28N4O4S3. The topological polar surface area (TPSA) is 103 Å². The van der Waals surface area contributed by atoms with Gasteiger partial charge in [-0.2, -0.15) is 12.6 Å². The molecule has 0 aliphatic carbocycles. The zero-order valence-corrected chi connectivity index (χ0v) is 20.6. The third-order valence-corrected chi connectivity index (χ3v) is 7.13. The number of ether oxygens (including phenoxy) is 1. The first kappa shape index (κ1) is 25.2. The lowest BCUT2D eigenvalue weighted by Crippen LogP contribution is -2.33. The molecule has 2 aromatic heterocycles. The first-order valence-corrected chi connectivity index (χ1v) is 12.9. The molecule has 1 aromatic carbocycles. The minimum absolute atomic E-state index is 0.120. The maximum absolute atomic E-state index is 12.0. The van der Waals surface area contributed by atoms with Gasteiger partial charge in [0.15, 0.2) is 0 Å². The molecule has 0 unspecified atom stereocenters. The summed E-state index contributed by atoms with van der Waals surface area (Å²) < 4.78 is 30.6. The number of carbonyl (C=O) groups excluding carboxylic acids is 1. The first-order chi connectivity index (χ1) is 14.6. The van der Waals surface area contributed by atoms with E-state index in [1.807, 2.05) is 58.0 Å². The van der Waals surface area contributed by atoms with Gasteiger partial charge in [-0.25, -0.2) is 22.7 Å². The van der Waals surface area contributed by atoms with Gasteiger partial charge < -0.3 is 10.1 Å². The van der Waals surface area contributed by atoms with Crippen LogP contribution < -0.4 is 5.32 Å². The molecule has 0 saturated heterocycles. The van der Waals surface area contributed by atoms with Crippen LogP contribution in [0.5, 0.6) is 0 Å². The van der Waals surface area contributed by atoms with Crippen molar-refractivity contribution in [3.8, 4) is 11.3 Å². The number of nitrogens with one attached hydrogen (secondary N) is 1. The van der Waals surface area contributed by atoms with Crippen molar-refractivity contribution in [3.05, 3.63) is 36.5 Å². The second-order valence-electron chi connectivity index (χ2n) is 7.56. The summed E-state index contributed by atoms with van der Waals surface area (Å²) in [4.78, 5) is 15.9. The molecule has 0 radical (unpaired) electrons. The van der Waals surface area contributed by atoms with Crippen LogP contribution in [-0.2, 0) is 14.6 Å². The quantitative estimate of drug-likeness (QED) is 0.511. The number of amides is 1. The van der Waals surface area contributed by atoms with Crippen LogP contribution in [0.4, 0.5) is 4.79 Å². The molecule has 31 heavy (non-hydrogen) atoms. The summed E-state index contributed by atoms with van der Waals surface area (Å²) in [5.41, 5.74) is 1.37. The standard InChI is InChI=1S/C13H13N3O2S2.C7H15NO2S/c1-2-8-20(17,18)13-15-16-9-11(14-12(16)19-13)10-6-4-3-5-7-10;1-7(2,3)10-6(9)8-4-5-11/h3-7,9H,2,8H2,1H3;11H,4-5H2,1-3H3,(H,8,9). The smallest absolute Gasteiger partial charge is 0.407 e. The number of hydrogen-bond acceptors (Lipinski definition) is 8. The molecule has 0 atom stereocenters. The minimum atomic E-state index is -3.27. The second kappa shape index (κ2) is 11.0. The summed E-state index contributed by atoms with van der Waals surface area (Å²) in [5, 5.41) is 6.69. The van der Waals surface area contributed by atoms with E-state index in [4.69, 9.17) is 4.74 Å². The highest BCUT2D eigenvalue weighted by molar-refractivity contribution is 7.93. The summed E-state index contributed by atoms with van der Waals surface area (Å²) in [6.45, 7) is 7.86. The minimum Gasteiger partial charge on any atom is -0.444 e. The van der Waals surface area contributed by atoms with Crippen LogP contribution >= 0.6 is 24.0 Å². The van der Waals surface area contributed by atoms with E-state index in [0.29, 0.717) is 23.7 Å². The number of rotatable bonds is 6. The monoisotopic (exact) mass is 484 g/mol. The van der Waals surface area contributed by atoms with E-state index < -0.39 is 15.4 Å². The maximum Gasteiger partial charge on any atom is 0.407 e. The van der Waals surface area contributed by atoms with Crippen LogP contribution in [0.1, 0.15) is 34.1 Å². The molecular weight excluding hydrogens is 456 g/mol. The molecule has 0 spiro atoms. The molecule has 0 bridgehead atoms. The SMILES string of the molecule is CC(C)(C)OC(=O)NCCS.CCCS(=O)(=O)c1nn2cc(-c3ccccc3)nc2s1. The normalized spacial score (nSPS) is 11.6. The number of carbonyl (C=O) groups is 1. The van der Waals surface area contributed by atoms with E-state index in [1.54, 1.807) is 6.20 Å². The average molecular weight is 485 g/mol. The molecule has 11 heteroatoms. The molecule has 0 aliphatic rings. The number of hydrogen-bond donors (Lipinski definition) is 2. The third-order valence-electron chi connectivity index (χ3n) is 3.61. The number of fused-ring (bicyclic) bond motifs is 1. The zero-order valence-electron chi connectivity index (χ0n) is 18.0. The number of aromatic nitrogens is 3. The lowest BCUT2D eigenvalue weighted by atomic mass is 10.2. The molecule has 3 rings (SSSR count). The fourth-order valence-corrected chi connectivity index (χ4v) is 5.02. The van der Waals surface area contributed by atoms with Crippen molar-refractivity contribution in [2.75, 3.05) is 18.1 Å². The Morgan fingerprint density at radius 3 is 2.48 bits per heavy atom. The second-order valence-corrected chi connectivity index (χ2v) is 11.2. The van der Waals surface area contributed by atoms with Crippen molar-refractivity contribution in [2.45, 2.75) is 44.1 Å². The predicted octanol–water partition coefficient (Wildman–Crippen LogP) is 4.08. The maximum atomic E-state index is 12.0. The van der Waals surface area contributed by atoms with Crippen molar-refractivity contribution >= 4 is 44.9 Å². The van der Waals surface area contributed by atoms with Crippen molar-refractivity contribution < 1.29 is 17.9 Å². The van der Waals surface area contributed by atoms with E-state index >= 15 is 0 Å². The number of thiol groups is 1. The van der Waals surface area contributed by atoms with Gasteiger partial charge in [0.25, 0.3) is 0 Å². The highest BCUT2D eigenvalue weighted by Gasteiger charge is 2.20. The molecule has 1 amide bonds. The van der Waals surface area contributed by atoms with Gasteiger partial charge in [0.2, 0.25) is 19.1 Å². The van der Waals surface area contributed by atoms with Crippen LogP contribution in [0.25, 0.3) is 16.2 Å². The molecule has 0 fully saturated rings. The molecule has 3 aromatic rings. The number of imidazole rings is 1. The van der Waals surface area contributed by atoms with Crippen LogP contribution in [0.3, 0.4) is 0 Å². The van der Waals surface area contributed by atoms with Crippen LogP contribution in [0.2, 0.25) is 0 Å². The summed E-state index contributed by atoms with van der Waals surface area (Å²) in [7, 11) is -3.27. The molecule has 0 saturated carbocycles. The number of sulfone groups is 1. The molecule has 8 nitrogen and oxygen atoms in total. The van der Waals surface area contributed by atoms with E-state index in [0.717, 1.165) is 22.6 Å². The highest BCUT2D eigenvalue weighted by Crippen LogP contribution is 2.24. The van der Waals surface area contributed by atoms with Gasteiger partial charge in [0, 0.05) is 17.9 Å². The van der Waals surface area contributed by atoms with Crippen LogP contribution in [0.15, 0.2) is 40.9 Å². The Morgan fingerprint density at radius 2 is 1.94 bits per heavy atom. The van der Waals surface area contributed by atoms with E-state index in [1.165, 1.54) is 4.52 Å². The Kier molecular flexibility index (Phi) is 8.90. The van der Waals surface area contributed by atoms with Gasteiger partial charge >= 0.3 is 6.09 Å². The number of nitrogens with zero attached hydrogens (tertiary/aromatic N) is 3. The lowest BCUT2D eigenvalue weighted by molar-refractivity contribution is 0.0531. The van der Waals surface area contributed by atoms with Gasteiger partial charge in [-0.1, -0.05) is 48.6 Å². The summed E-state index contributed by atoms with van der Waals surface area (Å²) >= 11 is 5.05. The zero-order chi connectivity index (χ0) is 23.1. The Bertz CT molecular complexity index is 1060. The van der Waals surface area contributed by atoms with Crippen molar-refractivity contribution in [1.82, 2.24) is 19.9 Å². The van der Waals surface area contributed by atoms with Crippen LogP contribution in [0, 0.1) is 0 Å². The number of benzene rings is 1. The molecule has 2 heterocycles. The van der Waals surface area contributed by atoms with E-state index in [2.05, 4.69) is 28.0 Å². The largest absolute Gasteiger partial charge is 0.444 e. The van der Waals surface area contributed by atoms with Gasteiger partial charge in [-0.3, -0.25) is 0 Å². The molecule has 170 valence electrons. The predicted molar refractivity (Wildman–Crippen MR) is 127 cm³/mol. The Morgan fingerprint density at radius 1 is 1.26 bits per heavy atom. The van der Waals surface area contributed by atoms with Gasteiger partial charge in [-0.15, -0.1) is 5.10 Å². The van der Waals surface area contributed by atoms with Crippen molar-refractivity contribution in [3.63, 3.8) is 0 Å². The highest BCUT2D eigenvalue weighted by atomic mass is 32.2. The summed E-state index contributed by atoms with van der Waals surface area (Å²) in [5.74, 6) is 0.744. The van der Waals surface area contributed by atoms with E-state index in [-0.39, 0.29) is 16.2 Å². The summed E-state index contributed by atoms with van der Waals surface area (Å²) in [6, 6.07) is 9.73. The van der Waals surface area contributed by atoms with Crippen LogP contribution in [-0.4, -0.2) is 52.8 Å². The molecule has 1 N–H and O–H groups in total. The fourth-order valence-electron chi connectivity index (χ4n) is 2.38. The number of alkyl carbamates (subject to hydrolysis) is 1. The Balaban J connectivity index is 0.000000267. The first-order valence-electron chi connectivity index (χ1n) is 9.78. The summed E-state index contributed by atoms with van der Waals surface area (Å²) in [6.07, 6.45) is 1.96. The Labute approximate surface area is 192 Å². The van der Waals surface area contributed by atoms with Gasteiger partial charge in [-0.05, 0) is 27.2 Å². The van der Waals surface area contributed by atoms with Crippen molar-refractivity contribution in [1.29, 1.82) is 0 Å². The van der Waals surface area contributed by atoms with Crippen molar-refractivity contribution in [2.24, 2.45) is 0 Å².